The number of carbonyl (C=O) groups excluding carboxylic acids is 1. The number of ether oxygens (including phenoxy) is 1. The summed E-state index contributed by atoms with van der Waals surface area (Å²) in [7, 11) is 0. The Morgan fingerprint density at radius 3 is 2.76 bits per heavy atom. The van der Waals surface area contributed by atoms with E-state index in [0.717, 1.165) is 0 Å². The van der Waals surface area contributed by atoms with Crippen LogP contribution in [0.4, 0.5) is 11.5 Å². The number of aromatic nitrogens is 5. The number of nitro groups is 1. The van der Waals surface area contributed by atoms with Crippen LogP contribution in [0.15, 0.2) is 58.3 Å². The fourth-order valence-electron chi connectivity index (χ4n) is 2.99. The summed E-state index contributed by atoms with van der Waals surface area (Å²) < 4.78 is 11.3. The van der Waals surface area contributed by atoms with Gasteiger partial charge in [0.2, 0.25) is 11.6 Å². The molecule has 4 rings (SSSR count). The van der Waals surface area contributed by atoms with E-state index in [1.54, 1.807) is 30.3 Å². The second-order valence-electron chi connectivity index (χ2n) is 6.68. The van der Waals surface area contributed by atoms with Crippen molar-refractivity contribution >= 4 is 23.6 Å². The van der Waals surface area contributed by atoms with Crippen LogP contribution in [0.2, 0.25) is 0 Å². The number of nitrogen functional groups attached to an aromatic ring is 1. The number of nitrogens with two attached hydrogens (primary N) is 1. The lowest BCUT2D eigenvalue weighted by atomic mass is 10.1. The average molecular weight is 463 g/mol. The summed E-state index contributed by atoms with van der Waals surface area (Å²) in [5.41, 5.74) is 9.20. The normalized spacial score (nSPS) is 11.0. The third kappa shape index (κ3) is 4.55. The Hall–Kier alpha value is -5.14. The highest BCUT2D eigenvalue weighted by molar-refractivity contribution is 5.98. The first kappa shape index (κ1) is 22.1. The zero-order chi connectivity index (χ0) is 24.1. The topological polar surface area (TPSA) is 189 Å². The van der Waals surface area contributed by atoms with Gasteiger partial charge >= 0.3 is 0 Å². The lowest BCUT2D eigenvalue weighted by Gasteiger charge is -2.07. The van der Waals surface area contributed by atoms with Gasteiger partial charge in [-0.2, -0.15) is 9.78 Å². The molecule has 14 nitrogen and oxygen atoms in total. The minimum Gasteiger partial charge on any atom is -0.494 e. The van der Waals surface area contributed by atoms with Crippen molar-refractivity contribution in [1.29, 1.82) is 0 Å². The minimum absolute atomic E-state index is 0.0484. The fraction of sp³-hybridized carbons (Fsp3) is 0.100. The van der Waals surface area contributed by atoms with Gasteiger partial charge < -0.3 is 10.5 Å². The fourth-order valence-corrected chi connectivity index (χ4v) is 2.99. The maximum absolute atomic E-state index is 12.9. The Balaban J connectivity index is 1.65. The van der Waals surface area contributed by atoms with Crippen LogP contribution in [0.5, 0.6) is 5.75 Å². The molecule has 172 valence electrons. The third-order valence-electron chi connectivity index (χ3n) is 4.48. The maximum Gasteiger partial charge on any atom is 0.294 e. The van der Waals surface area contributed by atoms with Gasteiger partial charge in [0.25, 0.3) is 11.6 Å². The molecule has 0 saturated heterocycles. The van der Waals surface area contributed by atoms with Gasteiger partial charge in [-0.3, -0.25) is 14.9 Å². The van der Waals surface area contributed by atoms with Crippen LogP contribution in [0.25, 0.3) is 17.1 Å². The summed E-state index contributed by atoms with van der Waals surface area (Å²) in [4.78, 5) is 23.3. The van der Waals surface area contributed by atoms with Gasteiger partial charge in [-0.15, -0.1) is 5.10 Å². The molecule has 4 aromatic rings. The van der Waals surface area contributed by atoms with Gasteiger partial charge in [-0.05, 0) is 41.5 Å². The van der Waals surface area contributed by atoms with Crippen LogP contribution < -0.4 is 15.9 Å². The SMILES string of the molecule is CCOc1ccc(-c2c(C(=O)NN=Cc3cccc([N+](=O)[O-])c3)nnn2-c2nonc2N)cc1. The molecule has 0 saturated carbocycles. The Bertz CT molecular complexity index is 1360. The molecule has 0 atom stereocenters. The van der Waals surface area contributed by atoms with E-state index in [2.05, 4.69) is 35.8 Å². The van der Waals surface area contributed by atoms with Crippen molar-refractivity contribution in [3.8, 4) is 22.8 Å². The molecule has 0 aliphatic carbocycles. The van der Waals surface area contributed by atoms with Crippen molar-refractivity contribution in [3.63, 3.8) is 0 Å². The molecule has 1 amide bonds. The summed E-state index contributed by atoms with van der Waals surface area (Å²) >= 11 is 0. The third-order valence-corrected chi connectivity index (χ3v) is 4.48. The van der Waals surface area contributed by atoms with Crippen LogP contribution >= 0.6 is 0 Å². The van der Waals surface area contributed by atoms with Crippen LogP contribution in [-0.2, 0) is 0 Å². The zero-order valence-electron chi connectivity index (χ0n) is 17.7. The first-order valence-corrected chi connectivity index (χ1v) is 9.83. The van der Waals surface area contributed by atoms with Gasteiger partial charge in [-0.25, -0.2) is 10.1 Å². The van der Waals surface area contributed by atoms with E-state index in [4.69, 9.17) is 10.5 Å². The van der Waals surface area contributed by atoms with Crippen molar-refractivity contribution in [3.05, 3.63) is 69.9 Å². The predicted octanol–water partition coefficient (Wildman–Crippen LogP) is 1.97. The minimum atomic E-state index is -0.688. The molecule has 2 heterocycles. The molecule has 0 unspecified atom stereocenters. The Labute approximate surface area is 191 Å². The van der Waals surface area contributed by atoms with E-state index in [0.29, 0.717) is 23.5 Å². The van der Waals surface area contributed by atoms with Crippen molar-refractivity contribution in [2.24, 2.45) is 5.10 Å². The molecule has 3 N–H and O–H groups in total. The van der Waals surface area contributed by atoms with E-state index < -0.39 is 10.8 Å². The van der Waals surface area contributed by atoms with Crippen LogP contribution in [0.3, 0.4) is 0 Å². The van der Waals surface area contributed by atoms with Crippen LogP contribution in [0.1, 0.15) is 23.0 Å². The summed E-state index contributed by atoms with van der Waals surface area (Å²) in [5, 5.41) is 30.0. The monoisotopic (exact) mass is 463 g/mol. The molecule has 0 spiro atoms. The van der Waals surface area contributed by atoms with Crippen molar-refractivity contribution < 1.29 is 19.1 Å². The van der Waals surface area contributed by atoms with Gasteiger partial charge in [0.05, 0.1) is 17.7 Å². The van der Waals surface area contributed by atoms with E-state index in [-0.39, 0.29) is 28.7 Å². The van der Waals surface area contributed by atoms with Crippen molar-refractivity contribution in [2.75, 3.05) is 12.3 Å². The molecular weight excluding hydrogens is 446 g/mol. The molecule has 0 aliphatic rings. The second kappa shape index (κ2) is 9.56. The smallest absolute Gasteiger partial charge is 0.294 e. The highest BCUT2D eigenvalue weighted by Crippen LogP contribution is 2.28. The Morgan fingerprint density at radius 1 is 1.29 bits per heavy atom. The number of carbonyl (C=O) groups is 1. The average Bonchev–Trinajstić information content (AvgIpc) is 3.46. The van der Waals surface area contributed by atoms with Crippen molar-refractivity contribution in [1.82, 2.24) is 30.7 Å². The summed E-state index contributed by atoms with van der Waals surface area (Å²) in [5.74, 6) is -0.0458. The number of hydrazone groups is 1. The summed E-state index contributed by atoms with van der Waals surface area (Å²) in [6, 6.07) is 12.7. The molecule has 34 heavy (non-hydrogen) atoms. The molecule has 2 aromatic heterocycles. The lowest BCUT2D eigenvalue weighted by Crippen LogP contribution is -2.19. The van der Waals surface area contributed by atoms with Crippen molar-refractivity contribution in [2.45, 2.75) is 6.92 Å². The molecule has 2 aromatic carbocycles. The van der Waals surface area contributed by atoms with E-state index >= 15 is 0 Å². The summed E-state index contributed by atoms with van der Waals surface area (Å²) in [6.07, 6.45) is 1.27. The number of nitrogens with zero attached hydrogens (tertiary/aromatic N) is 7. The predicted molar refractivity (Wildman–Crippen MR) is 118 cm³/mol. The quantitative estimate of drug-likeness (QED) is 0.222. The number of hydrogen-bond acceptors (Lipinski definition) is 11. The van der Waals surface area contributed by atoms with Gasteiger partial charge in [0.1, 0.15) is 11.4 Å². The number of benzene rings is 2. The van der Waals surface area contributed by atoms with Gasteiger partial charge in [0, 0.05) is 23.3 Å². The molecule has 0 radical (unpaired) electrons. The lowest BCUT2D eigenvalue weighted by molar-refractivity contribution is -0.384. The number of amides is 1. The largest absolute Gasteiger partial charge is 0.494 e. The number of hydrogen-bond donors (Lipinski definition) is 2. The maximum atomic E-state index is 12.9. The first-order valence-electron chi connectivity index (χ1n) is 9.83. The highest BCUT2D eigenvalue weighted by atomic mass is 16.6. The molecular formula is C20H17N9O5. The van der Waals surface area contributed by atoms with Crippen LogP contribution in [-0.4, -0.2) is 49.0 Å². The zero-order valence-corrected chi connectivity index (χ0v) is 17.7. The second-order valence-corrected chi connectivity index (χ2v) is 6.68. The molecule has 0 bridgehead atoms. The standard InChI is InChI=1S/C20H17N9O5/c1-2-33-15-8-6-13(7-9-15)17-16(23-27-28(17)19-18(21)25-34-26-19)20(30)24-22-11-12-4-3-5-14(10-12)29(31)32/h3-11H,2H2,1H3,(H2,21,25)(H,24,30). The first-order chi connectivity index (χ1) is 16.5. The van der Waals surface area contributed by atoms with E-state index in [1.807, 2.05) is 6.92 Å². The summed E-state index contributed by atoms with van der Waals surface area (Å²) in [6.45, 7) is 2.36. The Morgan fingerprint density at radius 2 is 2.09 bits per heavy atom. The van der Waals surface area contributed by atoms with E-state index in [1.165, 1.54) is 29.1 Å². The van der Waals surface area contributed by atoms with Crippen LogP contribution in [0, 0.1) is 10.1 Å². The van der Waals surface area contributed by atoms with E-state index in [9.17, 15) is 14.9 Å². The highest BCUT2D eigenvalue weighted by Gasteiger charge is 2.25. The number of rotatable bonds is 8. The molecule has 0 aliphatic heterocycles. The number of nitro benzene ring substituents is 1. The number of nitrogens with one attached hydrogen (secondary N) is 1. The Kier molecular flexibility index (Phi) is 6.20. The molecule has 14 heteroatoms. The number of non-ortho nitro benzene ring substituents is 1. The van der Waals surface area contributed by atoms with Gasteiger partial charge in [-0.1, -0.05) is 17.3 Å². The van der Waals surface area contributed by atoms with Gasteiger partial charge in [0.15, 0.2) is 5.69 Å². The number of anilines is 1. The molecule has 0 fully saturated rings.